The third-order valence-electron chi connectivity index (χ3n) is 4.22. The Labute approximate surface area is 140 Å². The summed E-state index contributed by atoms with van der Waals surface area (Å²) in [6.07, 6.45) is 2.63. The summed E-state index contributed by atoms with van der Waals surface area (Å²) < 4.78 is 2.13. The van der Waals surface area contributed by atoms with Crippen LogP contribution in [0, 0.1) is 11.8 Å². The van der Waals surface area contributed by atoms with Crippen molar-refractivity contribution in [2.45, 2.75) is 39.7 Å². The van der Waals surface area contributed by atoms with E-state index >= 15 is 0 Å². The molecule has 1 aliphatic carbocycles. The van der Waals surface area contributed by atoms with E-state index in [1.165, 1.54) is 0 Å². The predicted molar refractivity (Wildman–Crippen MR) is 91.0 cm³/mol. The average Bonchev–Trinajstić information content (AvgIpc) is 3.32. The first-order valence-electron chi connectivity index (χ1n) is 8.46. The fourth-order valence-corrected chi connectivity index (χ4v) is 2.86. The van der Waals surface area contributed by atoms with Gasteiger partial charge in [-0.1, -0.05) is 13.8 Å². The molecule has 1 heterocycles. The van der Waals surface area contributed by atoms with E-state index in [2.05, 4.69) is 28.7 Å². The molecule has 1 aliphatic rings. The lowest BCUT2D eigenvalue weighted by atomic mass is 10.2. The maximum atomic E-state index is 11.7. The monoisotopic (exact) mass is 329 g/mol. The zero-order valence-corrected chi connectivity index (χ0v) is 14.1. The molecule has 6 heteroatoms. The summed E-state index contributed by atoms with van der Waals surface area (Å²) >= 11 is 0. The van der Waals surface area contributed by atoms with Gasteiger partial charge < -0.3 is 15.0 Å². The number of benzene rings is 1. The van der Waals surface area contributed by atoms with Gasteiger partial charge in [0.1, 0.15) is 5.82 Å². The zero-order valence-electron chi connectivity index (χ0n) is 14.1. The van der Waals surface area contributed by atoms with Crippen LogP contribution in [0.1, 0.15) is 42.9 Å². The molecule has 0 aliphatic heterocycles. The standard InChI is InChI=1S/C18H23N3O3/c1-11(2)10-21-15-6-5-13(18(23)24)9-14(15)20-16(21)7-8-19-17(22)12-3-4-12/h5-6,9,11-12H,3-4,7-8,10H2,1-2H3,(H,19,22)(H,23,24). The summed E-state index contributed by atoms with van der Waals surface area (Å²) in [7, 11) is 0. The van der Waals surface area contributed by atoms with Gasteiger partial charge in [-0.05, 0) is 37.0 Å². The van der Waals surface area contributed by atoms with Crippen molar-refractivity contribution in [1.29, 1.82) is 0 Å². The highest BCUT2D eigenvalue weighted by molar-refractivity contribution is 5.92. The van der Waals surface area contributed by atoms with Crippen LogP contribution < -0.4 is 5.32 Å². The smallest absolute Gasteiger partial charge is 0.335 e. The average molecular weight is 329 g/mol. The molecule has 3 rings (SSSR count). The molecule has 2 N–H and O–H groups in total. The molecule has 1 saturated carbocycles. The van der Waals surface area contributed by atoms with Gasteiger partial charge in [0, 0.05) is 25.4 Å². The summed E-state index contributed by atoms with van der Waals surface area (Å²) in [4.78, 5) is 27.5. The highest BCUT2D eigenvalue weighted by Crippen LogP contribution is 2.28. The molecular weight excluding hydrogens is 306 g/mol. The number of rotatable bonds is 7. The predicted octanol–water partition coefficient (Wildman–Crippen LogP) is 2.46. The Morgan fingerprint density at radius 2 is 2.12 bits per heavy atom. The lowest BCUT2D eigenvalue weighted by Crippen LogP contribution is -2.27. The van der Waals surface area contributed by atoms with Gasteiger partial charge in [0.2, 0.25) is 5.91 Å². The molecule has 1 fully saturated rings. The van der Waals surface area contributed by atoms with Crippen LogP contribution >= 0.6 is 0 Å². The van der Waals surface area contributed by atoms with E-state index in [9.17, 15) is 9.59 Å². The molecule has 0 radical (unpaired) electrons. The Hall–Kier alpha value is -2.37. The van der Waals surface area contributed by atoms with Gasteiger partial charge >= 0.3 is 5.97 Å². The number of nitrogens with zero attached hydrogens (tertiary/aromatic N) is 2. The lowest BCUT2D eigenvalue weighted by molar-refractivity contribution is -0.122. The highest BCUT2D eigenvalue weighted by Gasteiger charge is 2.29. The fourth-order valence-electron chi connectivity index (χ4n) is 2.86. The van der Waals surface area contributed by atoms with Crippen molar-refractivity contribution < 1.29 is 14.7 Å². The summed E-state index contributed by atoms with van der Waals surface area (Å²) in [5, 5.41) is 12.1. The number of hydrogen-bond donors (Lipinski definition) is 2. The largest absolute Gasteiger partial charge is 0.478 e. The number of carboxylic acids is 1. The molecule has 24 heavy (non-hydrogen) atoms. The molecule has 0 unspecified atom stereocenters. The zero-order chi connectivity index (χ0) is 17.3. The van der Waals surface area contributed by atoms with Gasteiger partial charge in [-0.2, -0.15) is 0 Å². The van der Waals surface area contributed by atoms with E-state index in [-0.39, 0.29) is 17.4 Å². The van der Waals surface area contributed by atoms with Crippen LogP contribution in [-0.4, -0.2) is 33.1 Å². The van der Waals surface area contributed by atoms with Crippen molar-refractivity contribution in [3.05, 3.63) is 29.6 Å². The minimum Gasteiger partial charge on any atom is -0.478 e. The van der Waals surface area contributed by atoms with Crippen molar-refractivity contribution >= 4 is 22.9 Å². The van der Waals surface area contributed by atoms with Gasteiger partial charge in [0.15, 0.2) is 0 Å². The minimum atomic E-state index is -0.950. The van der Waals surface area contributed by atoms with E-state index < -0.39 is 5.97 Å². The summed E-state index contributed by atoms with van der Waals surface area (Å²) in [5.74, 6) is 0.722. The molecule has 1 aromatic carbocycles. The Balaban J connectivity index is 1.83. The van der Waals surface area contributed by atoms with Gasteiger partial charge in [-0.3, -0.25) is 4.79 Å². The second-order valence-corrected chi connectivity index (χ2v) is 6.86. The molecule has 0 saturated heterocycles. The second kappa shape index (κ2) is 6.63. The van der Waals surface area contributed by atoms with Crippen LogP contribution in [-0.2, 0) is 17.8 Å². The molecule has 1 aromatic heterocycles. The van der Waals surface area contributed by atoms with Crippen molar-refractivity contribution in [3.63, 3.8) is 0 Å². The van der Waals surface area contributed by atoms with E-state index in [1.807, 2.05) is 6.07 Å². The van der Waals surface area contributed by atoms with Gasteiger partial charge in [0.25, 0.3) is 0 Å². The molecular formula is C18H23N3O3. The van der Waals surface area contributed by atoms with Crippen LogP contribution in [0.4, 0.5) is 0 Å². The molecule has 128 valence electrons. The molecule has 0 bridgehead atoms. The topological polar surface area (TPSA) is 84.2 Å². The molecule has 6 nitrogen and oxygen atoms in total. The number of fused-ring (bicyclic) bond motifs is 1. The Bertz CT molecular complexity index is 775. The van der Waals surface area contributed by atoms with Crippen molar-refractivity contribution in [1.82, 2.24) is 14.9 Å². The first-order valence-corrected chi connectivity index (χ1v) is 8.46. The Kier molecular flexibility index (Phi) is 4.55. The number of aromatic nitrogens is 2. The fraction of sp³-hybridized carbons (Fsp3) is 0.500. The second-order valence-electron chi connectivity index (χ2n) is 6.86. The SMILES string of the molecule is CC(C)Cn1c(CCNC(=O)C2CC2)nc2cc(C(=O)O)ccc21. The van der Waals surface area contributed by atoms with Crippen LogP contribution in [0.2, 0.25) is 0 Å². The third-order valence-corrected chi connectivity index (χ3v) is 4.22. The van der Waals surface area contributed by atoms with Crippen molar-refractivity contribution in [2.75, 3.05) is 6.54 Å². The normalized spacial score (nSPS) is 14.3. The number of carbonyl (C=O) groups excluding carboxylic acids is 1. The first-order chi connectivity index (χ1) is 11.5. The maximum absolute atomic E-state index is 11.7. The summed E-state index contributed by atoms with van der Waals surface area (Å²) in [5.41, 5.74) is 1.88. The number of hydrogen-bond acceptors (Lipinski definition) is 3. The van der Waals surface area contributed by atoms with Crippen LogP contribution in [0.5, 0.6) is 0 Å². The Morgan fingerprint density at radius 3 is 2.75 bits per heavy atom. The van der Waals surface area contributed by atoms with E-state index in [4.69, 9.17) is 5.11 Å². The number of nitrogens with one attached hydrogen (secondary N) is 1. The van der Waals surface area contributed by atoms with Crippen molar-refractivity contribution in [2.24, 2.45) is 11.8 Å². The molecule has 2 aromatic rings. The Morgan fingerprint density at radius 1 is 1.38 bits per heavy atom. The molecule has 1 amide bonds. The highest BCUT2D eigenvalue weighted by atomic mass is 16.4. The lowest BCUT2D eigenvalue weighted by Gasteiger charge is -2.12. The van der Waals surface area contributed by atoms with Crippen LogP contribution in [0.3, 0.4) is 0 Å². The third kappa shape index (κ3) is 3.58. The summed E-state index contributed by atoms with van der Waals surface area (Å²) in [6, 6.07) is 5.04. The van der Waals surface area contributed by atoms with E-state index in [0.29, 0.717) is 24.4 Å². The number of aromatic carboxylic acids is 1. The first kappa shape index (κ1) is 16.5. The van der Waals surface area contributed by atoms with Crippen molar-refractivity contribution in [3.8, 4) is 0 Å². The number of carbonyl (C=O) groups is 2. The molecule has 0 spiro atoms. The number of amides is 1. The van der Waals surface area contributed by atoms with E-state index in [0.717, 1.165) is 30.7 Å². The van der Waals surface area contributed by atoms with Crippen LogP contribution in [0.25, 0.3) is 11.0 Å². The minimum absolute atomic E-state index is 0.134. The van der Waals surface area contributed by atoms with Gasteiger partial charge in [-0.25, -0.2) is 9.78 Å². The number of carboxylic acid groups (broad SMARTS) is 1. The summed E-state index contributed by atoms with van der Waals surface area (Å²) in [6.45, 7) is 5.64. The van der Waals surface area contributed by atoms with Gasteiger partial charge in [-0.15, -0.1) is 0 Å². The maximum Gasteiger partial charge on any atom is 0.335 e. The van der Waals surface area contributed by atoms with Crippen LogP contribution in [0.15, 0.2) is 18.2 Å². The molecule has 0 atom stereocenters. The van der Waals surface area contributed by atoms with Gasteiger partial charge in [0.05, 0.1) is 16.6 Å². The van der Waals surface area contributed by atoms with E-state index in [1.54, 1.807) is 12.1 Å². The number of imidazole rings is 1. The quantitative estimate of drug-likeness (QED) is 0.817.